The van der Waals surface area contributed by atoms with Crippen molar-refractivity contribution >= 4 is 17.5 Å². The van der Waals surface area contributed by atoms with Crippen molar-refractivity contribution in [1.29, 1.82) is 0 Å². The quantitative estimate of drug-likeness (QED) is 0.714. The van der Waals surface area contributed by atoms with Crippen molar-refractivity contribution in [2.45, 2.75) is 32.7 Å². The molecule has 0 bridgehead atoms. The van der Waals surface area contributed by atoms with Crippen LogP contribution < -0.4 is 15.5 Å². The number of anilines is 1. The minimum absolute atomic E-state index is 0.00525. The van der Waals surface area contributed by atoms with Gasteiger partial charge in [-0.05, 0) is 37.1 Å². The van der Waals surface area contributed by atoms with Gasteiger partial charge in [0, 0.05) is 31.8 Å². The molecule has 0 saturated carbocycles. The molecule has 1 aromatic heterocycles. The summed E-state index contributed by atoms with van der Waals surface area (Å²) in [5.41, 5.74) is 4.12. The van der Waals surface area contributed by atoms with Gasteiger partial charge in [0.1, 0.15) is 6.04 Å². The van der Waals surface area contributed by atoms with E-state index in [4.69, 9.17) is 0 Å². The van der Waals surface area contributed by atoms with Crippen molar-refractivity contribution in [2.75, 3.05) is 25.0 Å². The van der Waals surface area contributed by atoms with Crippen molar-refractivity contribution < 1.29 is 14.5 Å². The Morgan fingerprint density at radius 1 is 1.15 bits per heavy atom. The highest BCUT2D eigenvalue weighted by molar-refractivity contribution is 5.95. The Hall–Kier alpha value is -2.60. The number of nitrogens with zero attached hydrogens (tertiary/aromatic N) is 1. The molecule has 2 atom stereocenters. The van der Waals surface area contributed by atoms with Gasteiger partial charge in [-0.3, -0.25) is 9.59 Å². The number of quaternary nitrogens is 1. The summed E-state index contributed by atoms with van der Waals surface area (Å²) >= 11 is 0. The molecule has 1 aromatic carbocycles. The smallest absolute Gasteiger partial charge is 0.275 e. The van der Waals surface area contributed by atoms with Crippen LogP contribution >= 0.6 is 0 Å². The van der Waals surface area contributed by atoms with Gasteiger partial charge in [0.2, 0.25) is 5.91 Å². The molecule has 6 nitrogen and oxygen atoms in total. The molecule has 2 aromatic rings. The maximum Gasteiger partial charge on any atom is 0.275 e. The molecule has 6 heteroatoms. The first kappa shape index (κ1) is 19.2. The average Bonchev–Trinajstić information content (AvgIpc) is 3.25. The van der Waals surface area contributed by atoms with Crippen LogP contribution in [0.2, 0.25) is 0 Å². The number of aryl methyl sites for hydroxylation is 3. The van der Waals surface area contributed by atoms with E-state index in [9.17, 15) is 9.59 Å². The lowest BCUT2D eigenvalue weighted by molar-refractivity contribution is -0.911. The predicted octanol–water partition coefficient (Wildman–Crippen LogP) is 1.12. The van der Waals surface area contributed by atoms with Crippen LogP contribution in [-0.4, -0.2) is 36.0 Å². The van der Waals surface area contributed by atoms with Crippen LogP contribution in [0.25, 0.3) is 0 Å². The van der Waals surface area contributed by atoms with Crippen molar-refractivity contribution in [3.63, 3.8) is 0 Å². The molecule has 27 heavy (non-hydrogen) atoms. The van der Waals surface area contributed by atoms with Gasteiger partial charge in [-0.25, -0.2) is 0 Å². The monoisotopic (exact) mass is 369 g/mol. The number of likely N-dealkylation sites (tertiary alicyclic amines) is 1. The first-order valence-electron chi connectivity index (χ1n) is 9.54. The van der Waals surface area contributed by atoms with Crippen molar-refractivity contribution in [1.82, 2.24) is 9.88 Å². The van der Waals surface area contributed by atoms with Gasteiger partial charge < -0.3 is 20.1 Å². The lowest BCUT2D eigenvalue weighted by atomic mass is 10.1. The largest absolute Gasteiger partial charge is 0.350 e. The number of carbonyl (C=O) groups is 2. The second kappa shape index (κ2) is 8.39. The third-order valence-electron chi connectivity index (χ3n) is 5.40. The fraction of sp³-hybridized carbons (Fsp3) is 0.429. The van der Waals surface area contributed by atoms with Crippen LogP contribution in [0.1, 0.15) is 35.7 Å². The molecule has 1 unspecified atom stereocenters. The van der Waals surface area contributed by atoms with Gasteiger partial charge >= 0.3 is 0 Å². The lowest BCUT2D eigenvalue weighted by Gasteiger charge is -2.21. The molecule has 2 amide bonds. The molecule has 3 N–H and O–H groups in total. The maximum atomic E-state index is 12.4. The minimum atomic E-state index is -0.198. The zero-order chi connectivity index (χ0) is 19.4. The summed E-state index contributed by atoms with van der Waals surface area (Å²) in [7, 11) is 2.04. The standard InChI is InChI=1S/C21H28N4O2/c1-15-7-4-8-16(2)21(15)23-19(26)13-22-20(27)14-25-12-6-10-18(25)17-9-5-11-24(17)3/h4-5,7-9,11,18H,6,10,12-14H2,1-3H3,(H,22,27)(H,23,26)/p+1/t18-/m1/s1. The number of amides is 2. The summed E-state index contributed by atoms with van der Waals surface area (Å²) in [6.07, 6.45) is 4.25. The number of nitrogens with one attached hydrogen (secondary N) is 3. The molecule has 1 aliphatic heterocycles. The molecular weight excluding hydrogens is 340 g/mol. The normalized spacial score (nSPS) is 19.1. The number of rotatable bonds is 6. The van der Waals surface area contributed by atoms with E-state index in [0.717, 1.165) is 36.2 Å². The third kappa shape index (κ3) is 4.57. The Morgan fingerprint density at radius 3 is 2.56 bits per heavy atom. The first-order chi connectivity index (χ1) is 13.0. The number of para-hydroxylation sites is 1. The van der Waals surface area contributed by atoms with Crippen LogP contribution in [0, 0.1) is 13.8 Å². The summed E-state index contributed by atoms with van der Waals surface area (Å²) in [5.74, 6) is -0.279. The van der Waals surface area contributed by atoms with Crippen molar-refractivity contribution in [3.8, 4) is 0 Å². The van der Waals surface area contributed by atoms with Crippen molar-refractivity contribution in [2.24, 2.45) is 7.05 Å². The summed E-state index contributed by atoms with van der Waals surface area (Å²) in [6.45, 7) is 5.29. The molecule has 0 aliphatic carbocycles. The first-order valence-corrected chi connectivity index (χ1v) is 9.54. The van der Waals surface area contributed by atoms with E-state index in [1.54, 1.807) is 0 Å². The van der Waals surface area contributed by atoms with Gasteiger partial charge in [0.05, 0.1) is 18.8 Å². The highest BCUT2D eigenvalue weighted by atomic mass is 16.2. The summed E-state index contributed by atoms with van der Waals surface area (Å²) in [6, 6.07) is 10.4. The van der Waals surface area contributed by atoms with Gasteiger partial charge in [0.15, 0.2) is 6.54 Å². The third-order valence-corrected chi connectivity index (χ3v) is 5.40. The number of hydrogen-bond donors (Lipinski definition) is 3. The van der Waals surface area contributed by atoms with Crippen LogP contribution in [0.15, 0.2) is 36.5 Å². The van der Waals surface area contributed by atoms with Crippen LogP contribution in [0.5, 0.6) is 0 Å². The summed E-state index contributed by atoms with van der Waals surface area (Å²) in [4.78, 5) is 25.9. The van der Waals surface area contributed by atoms with Crippen LogP contribution in [-0.2, 0) is 16.6 Å². The Balaban J connectivity index is 1.51. The fourth-order valence-electron chi connectivity index (χ4n) is 3.96. The van der Waals surface area contributed by atoms with E-state index in [-0.39, 0.29) is 18.4 Å². The molecule has 0 spiro atoms. The van der Waals surface area contributed by atoms with Gasteiger partial charge in [-0.2, -0.15) is 0 Å². The molecule has 1 fully saturated rings. The second-order valence-electron chi connectivity index (χ2n) is 7.42. The Bertz CT molecular complexity index is 807. The van der Waals surface area contributed by atoms with E-state index < -0.39 is 0 Å². The van der Waals surface area contributed by atoms with E-state index in [2.05, 4.69) is 21.3 Å². The second-order valence-corrected chi connectivity index (χ2v) is 7.42. The molecule has 1 saturated heterocycles. The SMILES string of the molecule is Cc1cccc(C)c1NC(=O)CNC(=O)C[NH+]1CCC[C@@H]1c1cccn1C. The molecule has 144 valence electrons. The predicted molar refractivity (Wildman–Crippen MR) is 106 cm³/mol. The maximum absolute atomic E-state index is 12.4. The zero-order valence-electron chi connectivity index (χ0n) is 16.3. The lowest BCUT2D eigenvalue weighted by Crippen LogP contribution is -3.11. The minimum Gasteiger partial charge on any atom is -0.350 e. The summed E-state index contributed by atoms with van der Waals surface area (Å²) < 4.78 is 2.13. The van der Waals surface area contributed by atoms with E-state index >= 15 is 0 Å². The van der Waals surface area contributed by atoms with Crippen LogP contribution in [0.3, 0.4) is 0 Å². The Kier molecular flexibility index (Phi) is 5.96. The van der Waals surface area contributed by atoms with Crippen molar-refractivity contribution in [3.05, 3.63) is 53.3 Å². The molecule has 1 aliphatic rings. The van der Waals surface area contributed by atoms with E-state index in [1.807, 2.05) is 51.4 Å². The number of aromatic nitrogens is 1. The molecule has 3 rings (SSSR count). The highest BCUT2D eigenvalue weighted by Crippen LogP contribution is 2.19. The number of benzene rings is 1. The molecular formula is C21H29N4O2+. The van der Waals surface area contributed by atoms with E-state index in [0.29, 0.717) is 12.6 Å². The topological polar surface area (TPSA) is 67.6 Å². The van der Waals surface area contributed by atoms with Gasteiger partial charge in [-0.15, -0.1) is 0 Å². The highest BCUT2D eigenvalue weighted by Gasteiger charge is 2.32. The Labute approximate surface area is 160 Å². The molecule has 2 heterocycles. The zero-order valence-corrected chi connectivity index (χ0v) is 16.3. The number of hydrogen-bond acceptors (Lipinski definition) is 2. The van der Waals surface area contributed by atoms with Crippen LogP contribution in [0.4, 0.5) is 5.69 Å². The van der Waals surface area contributed by atoms with E-state index in [1.165, 1.54) is 10.6 Å². The number of carbonyl (C=O) groups excluding carboxylic acids is 2. The average molecular weight is 369 g/mol. The summed E-state index contributed by atoms with van der Waals surface area (Å²) in [5, 5.41) is 5.67. The van der Waals surface area contributed by atoms with Gasteiger partial charge in [-0.1, -0.05) is 18.2 Å². The Morgan fingerprint density at radius 2 is 1.89 bits per heavy atom. The fourth-order valence-corrected chi connectivity index (χ4v) is 3.96. The van der Waals surface area contributed by atoms with Gasteiger partial charge in [0.25, 0.3) is 5.91 Å². The molecule has 0 radical (unpaired) electrons.